The van der Waals surface area contributed by atoms with Gasteiger partial charge in [-0.25, -0.2) is 4.98 Å². The van der Waals surface area contributed by atoms with E-state index in [2.05, 4.69) is 63.8 Å². The number of nitrogens with zero attached hydrogens (tertiary/aromatic N) is 1. The zero-order chi connectivity index (χ0) is 14.5. The molecule has 0 bridgehead atoms. The molecular formula is C18H19N3. The van der Waals surface area contributed by atoms with Gasteiger partial charge in [-0.15, -0.1) is 0 Å². The fourth-order valence-electron chi connectivity index (χ4n) is 2.49. The first kappa shape index (κ1) is 13.6. The van der Waals surface area contributed by atoms with E-state index < -0.39 is 0 Å². The van der Waals surface area contributed by atoms with Gasteiger partial charge in [-0.2, -0.15) is 0 Å². The normalized spacial score (nSPS) is 11.0. The van der Waals surface area contributed by atoms with E-state index in [1.807, 2.05) is 25.3 Å². The number of H-pyrrole nitrogens is 1. The summed E-state index contributed by atoms with van der Waals surface area (Å²) in [6.45, 7) is 2.73. The monoisotopic (exact) mass is 277 g/mol. The van der Waals surface area contributed by atoms with Crippen molar-refractivity contribution in [3.8, 4) is 0 Å². The quantitative estimate of drug-likeness (QED) is 0.748. The number of hydrogen-bond acceptors (Lipinski definition) is 2. The summed E-state index contributed by atoms with van der Waals surface area (Å²) < 4.78 is 0. The van der Waals surface area contributed by atoms with Crippen LogP contribution in [0.15, 0.2) is 66.9 Å². The predicted molar refractivity (Wildman–Crippen MR) is 84.9 cm³/mol. The standard InChI is InChI=1S/C18H19N3/c1-14-19-12-17(21-14)13-20-18(15-8-4-2-5-9-15)16-10-6-3-7-11-16/h2-12,18,20H,13H2,1H3,(H,19,21). The van der Waals surface area contributed by atoms with E-state index in [1.54, 1.807) is 0 Å². The maximum absolute atomic E-state index is 4.24. The van der Waals surface area contributed by atoms with E-state index >= 15 is 0 Å². The number of rotatable bonds is 5. The number of hydrogen-bond donors (Lipinski definition) is 2. The molecule has 0 spiro atoms. The molecular weight excluding hydrogens is 258 g/mol. The fourth-order valence-corrected chi connectivity index (χ4v) is 2.49. The van der Waals surface area contributed by atoms with E-state index in [0.717, 1.165) is 18.1 Å². The molecule has 0 amide bonds. The Balaban J connectivity index is 1.83. The molecule has 0 atom stereocenters. The maximum atomic E-state index is 4.24. The lowest BCUT2D eigenvalue weighted by Crippen LogP contribution is -2.22. The molecule has 0 aliphatic carbocycles. The largest absolute Gasteiger partial charge is 0.345 e. The van der Waals surface area contributed by atoms with Crippen LogP contribution in [-0.2, 0) is 6.54 Å². The smallest absolute Gasteiger partial charge is 0.103 e. The van der Waals surface area contributed by atoms with Crippen molar-refractivity contribution in [3.05, 3.63) is 89.5 Å². The van der Waals surface area contributed by atoms with E-state index in [1.165, 1.54) is 11.1 Å². The molecule has 3 rings (SSSR count). The highest BCUT2D eigenvalue weighted by Crippen LogP contribution is 2.22. The summed E-state index contributed by atoms with van der Waals surface area (Å²) in [5.74, 6) is 0.947. The molecule has 0 aliphatic heterocycles. The summed E-state index contributed by atoms with van der Waals surface area (Å²) in [6.07, 6.45) is 1.88. The minimum absolute atomic E-state index is 0.177. The van der Waals surface area contributed by atoms with Crippen molar-refractivity contribution < 1.29 is 0 Å². The average Bonchev–Trinajstić information content (AvgIpc) is 2.95. The highest BCUT2D eigenvalue weighted by atomic mass is 15.0. The van der Waals surface area contributed by atoms with Crippen LogP contribution < -0.4 is 5.32 Å². The van der Waals surface area contributed by atoms with Crippen LogP contribution in [-0.4, -0.2) is 9.97 Å². The van der Waals surface area contributed by atoms with Crippen LogP contribution in [0.1, 0.15) is 28.7 Å². The van der Waals surface area contributed by atoms with Crippen molar-refractivity contribution in [2.24, 2.45) is 0 Å². The molecule has 3 aromatic rings. The summed E-state index contributed by atoms with van der Waals surface area (Å²) in [6, 6.07) is 21.2. The Hall–Kier alpha value is -2.39. The Morgan fingerprint density at radius 3 is 2.00 bits per heavy atom. The Morgan fingerprint density at radius 2 is 1.52 bits per heavy atom. The molecule has 0 radical (unpaired) electrons. The van der Waals surface area contributed by atoms with Crippen molar-refractivity contribution in [2.45, 2.75) is 19.5 Å². The molecule has 0 fully saturated rings. The first-order valence-electron chi connectivity index (χ1n) is 7.16. The Kier molecular flexibility index (Phi) is 4.12. The van der Waals surface area contributed by atoms with Gasteiger partial charge < -0.3 is 10.3 Å². The molecule has 0 saturated carbocycles. The van der Waals surface area contributed by atoms with E-state index in [4.69, 9.17) is 0 Å². The third-order valence-corrected chi connectivity index (χ3v) is 3.52. The van der Waals surface area contributed by atoms with Gasteiger partial charge in [0.25, 0.3) is 0 Å². The third-order valence-electron chi connectivity index (χ3n) is 3.52. The van der Waals surface area contributed by atoms with Crippen LogP contribution in [0, 0.1) is 6.92 Å². The molecule has 1 aromatic heterocycles. The minimum atomic E-state index is 0.177. The van der Waals surface area contributed by atoms with Gasteiger partial charge in [0, 0.05) is 18.4 Å². The Bertz CT molecular complexity index is 634. The molecule has 1 heterocycles. The van der Waals surface area contributed by atoms with Gasteiger partial charge in [0.1, 0.15) is 5.82 Å². The molecule has 2 N–H and O–H groups in total. The highest BCUT2D eigenvalue weighted by molar-refractivity contribution is 5.31. The lowest BCUT2D eigenvalue weighted by Gasteiger charge is -2.19. The van der Waals surface area contributed by atoms with Crippen molar-refractivity contribution >= 4 is 0 Å². The van der Waals surface area contributed by atoms with Gasteiger partial charge in [-0.3, -0.25) is 0 Å². The van der Waals surface area contributed by atoms with Gasteiger partial charge in [-0.1, -0.05) is 60.7 Å². The van der Waals surface area contributed by atoms with Crippen molar-refractivity contribution in [1.82, 2.24) is 15.3 Å². The van der Waals surface area contributed by atoms with Crippen LogP contribution in [0.25, 0.3) is 0 Å². The van der Waals surface area contributed by atoms with Crippen LogP contribution in [0.3, 0.4) is 0 Å². The number of nitrogens with one attached hydrogen (secondary N) is 2. The molecule has 0 aliphatic rings. The maximum Gasteiger partial charge on any atom is 0.103 e. The van der Waals surface area contributed by atoms with Crippen molar-refractivity contribution in [1.29, 1.82) is 0 Å². The summed E-state index contributed by atoms with van der Waals surface area (Å²) in [7, 11) is 0. The molecule has 106 valence electrons. The lowest BCUT2D eigenvalue weighted by molar-refractivity contribution is 0.598. The van der Waals surface area contributed by atoms with Gasteiger partial charge in [0.2, 0.25) is 0 Å². The van der Waals surface area contributed by atoms with Crippen LogP contribution in [0.4, 0.5) is 0 Å². The highest BCUT2D eigenvalue weighted by Gasteiger charge is 2.13. The predicted octanol–water partition coefficient (Wildman–Crippen LogP) is 3.60. The molecule has 2 aromatic carbocycles. The topological polar surface area (TPSA) is 40.7 Å². The van der Waals surface area contributed by atoms with Gasteiger partial charge in [0.05, 0.1) is 6.04 Å². The zero-order valence-corrected chi connectivity index (χ0v) is 12.1. The average molecular weight is 277 g/mol. The number of aryl methyl sites for hydroxylation is 1. The SMILES string of the molecule is Cc1ncc(CNC(c2ccccc2)c2ccccc2)[nH]1. The summed E-state index contributed by atoms with van der Waals surface area (Å²) >= 11 is 0. The molecule has 0 saturated heterocycles. The third kappa shape index (κ3) is 3.38. The minimum Gasteiger partial charge on any atom is -0.345 e. The van der Waals surface area contributed by atoms with E-state index in [9.17, 15) is 0 Å². The van der Waals surface area contributed by atoms with E-state index in [0.29, 0.717) is 0 Å². The van der Waals surface area contributed by atoms with E-state index in [-0.39, 0.29) is 6.04 Å². The molecule has 0 unspecified atom stereocenters. The summed E-state index contributed by atoms with van der Waals surface area (Å²) in [4.78, 5) is 7.51. The second kappa shape index (κ2) is 6.37. The Labute approximate surface area is 125 Å². The molecule has 21 heavy (non-hydrogen) atoms. The van der Waals surface area contributed by atoms with Crippen molar-refractivity contribution in [3.63, 3.8) is 0 Å². The van der Waals surface area contributed by atoms with Crippen LogP contribution in [0.2, 0.25) is 0 Å². The van der Waals surface area contributed by atoms with Gasteiger partial charge >= 0.3 is 0 Å². The lowest BCUT2D eigenvalue weighted by atomic mass is 9.99. The zero-order valence-electron chi connectivity index (χ0n) is 12.1. The van der Waals surface area contributed by atoms with Crippen molar-refractivity contribution in [2.75, 3.05) is 0 Å². The molecule has 3 heteroatoms. The number of benzene rings is 2. The summed E-state index contributed by atoms with van der Waals surface area (Å²) in [5, 5.41) is 3.61. The second-order valence-electron chi connectivity index (χ2n) is 5.13. The Morgan fingerprint density at radius 1 is 0.952 bits per heavy atom. The van der Waals surface area contributed by atoms with Crippen LogP contribution >= 0.6 is 0 Å². The number of imidazole rings is 1. The number of aromatic nitrogens is 2. The second-order valence-corrected chi connectivity index (χ2v) is 5.13. The first-order chi connectivity index (χ1) is 10.3. The molecule has 3 nitrogen and oxygen atoms in total. The van der Waals surface area contributed by atoms with Crippen LogP contribution in [0.5, 0.6) is 0 Å². The fraction of sp³-hybridized carbons (Fsp3) is 0.167. The number of aromatic amines is 1. The summed E-state index contributed by atoms with van der Waals surface area (Å²) in [5.41, 5.74) is 3.63. The van der Waals surface area contributed by atoms with Gasteiger partial charge in [-0.05, 0) is 18.1 Å². The first-order valence-corrected chi connectivity index (χ1v) is 7.16. The van der Waals surface area contributed by atoms with Gasteiger partial charge in [0.15, 0.2) is 0 Å².